The van der Waals surface area contributed by atoms with Gasteiger partial charge in [0.05, 0.1) is 0 Å². The Balaban J connectivity index is 1.43. The number of fused-ring (bicyclic) bond motifs is 1. The van der Waals surface area contributed by atoms with Gasteiger partial charge in [0.15, 0.2) is 5.17 Å². The van der Waals surface area contributed by atoms with Crippen molar-refractivity contribution in [2.75, 3.05) is 45.6 Å². The average molecular weight is 409 g/mol. The number of thioether (sulfide) groups is 1. The highest BCUT2D eigenvalue weighted by Gasteiger charge is 2.40. The van der Waals surface area contributed by atoms with Gasteiger partial charge in [0.2, 0.25) is 6.19 Å². The molecule has 2 aliphatic heterocycles. The van der Waals surface area contributed by atoms with Gasteiger partial charge in [-0.25, -0.2) is 0 Å². The van der Waals surface area contributed by atoms with Crippen molar-refractivity contribution in [1.82, 2.24) is 9.80 Å². The predicted octanol–water partition coefficient (Wildman–Crippen LogP) is 2.89. The molecule has 24 heavy (non-hydrogen) atoms. The largest absolute Gasteiger partial charge is 0.492 e. The van der Waals surface area contributed by atoms with Gasteiger partial charge in [-0.3, -0.25) is 4.90 Å². The molecule has 1 aromatic rings. The lowest BCUT2D eigenvalue weighted by Gasteiger charge is -2.22. The lowest BCUT2D eigenvalue weighted by molar-refractivity contribution is 0.223. The zero-order chi connectivity index (χ0) is 16.9. The Morgan fingerprint density at radius 3 is 2.54 bits per heavy atom. The molecule has 0 radical (unpaired) electrons. The lowest BCUT2D eigenvalue weighted by atomic mass is 10.0. The topological polar surface area (TPSA) is 51.9 Å². The molecule has 2 heterocycles. The molecule has 0 spiro atoms. The van der Waals surface area contributed by atoms with Crippen LogP contribution in [-0.4, -0.2) is 60.6 Å². The minimum atomic E-state index is 0.675. The fraction of sp³-hybridized carbons (Fsp3) is 0.529. The van der Waals surface area contributed by atoms with Crippen molar-refractivity contribution in [2.45, 2.75) is 0 Å². The first kappa shape index (κ1) is 17.6. The molecule has 2 unspecified atom stereocenters. The molecule has 0 N–H and O–H groups in total. The zero-order valence-electron chi connectivity index (χ0n) is 13.7. The maximum Gasteiger partial charge on any atom is 0.208 e. The molecule has 2 aliphatic rings. The summed E-state index contributed by atoms with van der Waals surface area (Å²) >= 11 is 4.99. The lowest BCUT2D eigenvalue weighted by Crippen LogP contribution is -2.33. The minimum absolute atomic E-state index is 0.675. The zero-order valence-corrected chi connectivity index (χ0v) is 16.1. The number of halogens is 1. The smallest absolute Gasteiger partial charge is 0.208 e. The second kappa shape index (κ2) is 8.24. The van der Waals surface area contributed by atoms with Crippen LogP contribution < -0.4 is 4.74 Å². The molecule has 5 nitrogen and oxygen atoms in total. The molecule has 3 rings (SSSR count). The Morgan fingerprint density at radius 1 is 1.29 bits per heavy atom. The molecule has 128 valence electrons. The summed E-state index contributed by atoms with van der Waals surface area (Å²) in [6.45, 7) is 5.92. The van der Waals surface area contributed by atoms with Crippen LogP contribution in [0.5, 0.6) is 5.75 Å². The van der Waals surface area contributed by atoms with Crippen LogP contribution in [0.3, 0.4) is 0 Å². The van der Waals surface area contributed by atoms with Gasteiger partial charge in [0, 0.05) is 37.2 Å². The first-order chi connectivity index (χ1) is 11.7. The summed E-state index contributed by atoms with van der Waals surface area (Å²) in [6, 6.07) is 7.96. The van der Waals surface area contributed by atoms with Crippen molar-refractivity contribution >= 4 is 32.9 Å². The van der Waals surface area contributed by atoms with Crippen molar-refractivity contribution in [3.05, 3.63) is 28.7 Å². The number of nitriles is 1. The molecule has 7 heteroatoms. The van der Waals surface area contributed by atoms with Crippen LogP contribution >= 0.6 is 27.7 Å². The minimum Gasteiger partial charge on any atom is -0.492 e. The van der Waals surface area contributed by atoms with Gasteiger partial charge < -0.3 is 9.64 Å². The van der Waals surface area contributed by atoms with Crippen LogP contribution in [0.2, 0.25) is 0 Å². The molecule has 2 atom stereocenters. The third kappa shape index (κ3) is 4.24. The quantitative estimate of drug-likeness (QED) is 0.435. The Bertz CT molecular complexity index is 616. The van der Waals surface area contributed by atoms with Gasteiger partial charge in [-0.15, -0.1) is 4.99 Å². The summed E-state index contributed by atoms with van der Waals surface area (Å²) in [5.41, 5.74) is 0. The Kier molecular flexibility index (Phi) is 6.04. The number of nitrogens with zero attached hydrogens (tertiary/aromatic N) is 4. The Morgan fingerprint density at radius 2 is 1.96 bits per heavy atom. The van der Waals surface area contributed by atoms with E-state index in [1.807, 2.05) is 36.7 Å². The summed E-state index contributed by atoms with van der Waals surface area (Å²) in [7, 11) is 0. The highest BCUT2D eigenvalue weighted by molar-refractivity contribution is 9.10. The second-order valence-corrected chi connectivity index (χ2v) is 7.87. The van der Waals surface area contributed by atoms with Crippen LogP contribution in [0, 0.1) is 23.3 Å². The van der Waals surface area contributed by atoms with Crippen LogP contribution in [0.1, 0.15) is 0 Å². The fourth-order valence-corrected chi connectivity index (χ4v) is 4.34. The number of hydrogen-bond donors (Lipinski definition) is 0. The maximum absolute atomic E-state index is 8.78. The van der Waals surface area contributed by atoms with Crippen molar-refractivity contribution in [1.29, 1.82) is 5.26 Å². The van der Waals surface area contributed by atoms with E-state index in [9.17, 15) is 0 Å². The molecule has 0 amide bonds. The number of benzene rings is 1. The van der Waals surface area contributed by atoms with Crippen molar-refractivity contribution in [3.8, 4) is 11.9 Å². The summed E-state index contributed by atoms with van der Waals surface area (Å²) in [6.07, 6.45) is 3.89. The van der Waals surface area contributed by atoms with Gasteiger partial charge in [-0.2, -0.15) is 5.26 Å². The van der Waals surface area contributed by atoms with E-state index in [1.54, 1.807) is 11.8 Å². The van der Waals surface area contributed by atoms with Gasteiger partial charge in [0.25, 0.3) is 0 Å². The molecule has 0 saturated carbocycles. The van der Waals surface area contributed by atoms with Gasteiger partial charge >= 0.3 is 0 Å². The number of likely N-dealkylation sites (tertiary alicyclic amines) is 2. The summed E-state index contributed by atoms with van der Waals surface area (Å²) in [5.74, 6) is 2.27. The molecule has 2 fully saturated rings. The molecule has 1 aromatic carbocycles. The van der Waals surface area contributed by atoms with E-state index in [4.69, 9.17) is 10.00 Å². The fourth-order valence-electron chi connectivity index (χ4n) is 3.54. The van der Waals surface area contributed by atoms with E-state index < -0.39 is 0 Å². The molecular weight excluding hydrogens is 388 g/mol. The normalized spacial score (nSPS) is 24.0. The molecule has 0 aromatic heterocycles. The average Bonchev–Trinajstić information content (AvgIpc) is 3.13. The van der Waals surface area contributed by atoms with Crippen LogP contribution in [-0.2, 0) is 0 Å². The van der Waals surface area contributed by atoms with Crippen LogP contribution in [0.15, 0.2) is 33.7 Å². The molecule has 2 saturated heterocycles. The van der Waals surface area contributed by atoms with Gasteiger partial charge in [-0.1, -0.05) is 27.7 Å². The first-order valence-electron chi connectivity index (χ1n) is 8.06. The van der Waals surface area contributed by atoms with E-state index in [-0.39, 0.29) is 0 Å². The third-order valence-electron chi connectivity index (χ3n) is 4.65. The van der Waals surface area contributed by atoms with Gasteiger partial charge in [-0.05, 0) is 42.4 Å². The van der Waals surface area contributed by atoms with E-state index in [0.29, 0.717) is 11.8 Å². The highest BCUT2D eigenvalue weighted by Crippen LogP contribution is 2.32. The summed E-state index contributed by atoms with van der Waals surface area (Å²) in [4.78, 5) is 8.69. The number of rotatable bonds is 4. The molecule has 0 bridgehead atoms. The number of hydrogen-bond acceptors (Lipinski definition) is 5. The van der Waals surface area contributed by atoms with E-state index >= 15 is 0 Å². The highest BCUT2D eigenvalue weighted by atomic mass is 79.9. The van der Waals surface area contributed by atoms with E-state index in [0.717, 1.165) is 54.7 Å². The van der Waals surface area contributed by atoms with E-state index in [1.165, 1.54) is 0 Å². The van der Waals surface area contributed by atoms with Crippen LogP contribution in [0.4, 0.5) is 0 Å². The second-order valence-electron chi connectivity index (χ2n) is 6.19. The predicted molar refractivity (Wildman–Crippen MR) is 101 cm³/mol. The SMILES string of the molecule is CSC(=NC#N)N1CC2CN(CCOc3ccc(Br)cc3)CC2C1. The Hall–Kier alpha value is -1.23. The number of amidine groups is 1. The van der Waals surface area contributed by atoms with Crippen LogP contribution in [0.25, 0.3) is 0 Å². The van der Waals surface area contributed by atoms with Gasteiger partial charge in [0.1, 0.15) is 12.4 Å². The molecular formula is C17H21BrN4OS. The number of aliphatic imine (C=N–C) groups is 1. The maximum atomic E-state index is 8.78. The van der Waals surface area contributed by atoms with Crippen molar-refractivity contribution in [2.24, 2.45) is 16.8 Å². The first-order valence-corrected chi connectivity index (χ1v) is 10.1. The Labute approximate surface area is 155 Å². The molecule has 0 aliphatic carbocycles. The van der Waals surface area contributed by atoms with Crippen molar-refractivity contribution in [3.63, 3.8) is 0 Å². The summed E-state index contributed by atoms with van der Waals surface area (Å²) in [5, 5.41) is 9.64. The third-order valence-corrected chi connectivity index (χ3v) is 5.89. The van der Waals surface area contributed by atoms with Crippen molar-refractivity contribution < 1.29 is 4.74 Å². The monoisotopic (exact) mass is 408 g/mol. The number of ether oxygens (including phenoxy) is 1. The summed E-state index contributed by atoms with van der Waals surface area (Å²) < 4.78 is 6.89. The standard InChI is InChI=1S/C17H21BrN4OS/c1-24-17(20-12-19)22-10-13-8-21(9-14(13)11-22)6-7-23-16-4-2-15(18)3-5-16/h2-5,13-14H,6-11H2,1H3. The van der Waals surface area contributed by atoms with E-state index in [2.05, 4.69) is 30.7 Å².